The molecule has 116 valence electrons. The summed E-state index contributed by atoms with van der Waals surface area (Å²) in [5, 5.41) is 11.2. The van der Waals surface area contributed by atoms with Crippen LogP contribution in [0.25, 0.3) is 0 Å². The number of anilines is 1. The number of nitro benzene ring substituents is 1. The summed E-state index contributed by atoms with van der Waals surface area (Å²) in [7, 11) is -2.31. The summed E-state index contributed by atoms with van der Waals surface area (Å²) in [5.74, 6) is -0.556. The highest BCUT2D eigenvalue weighted by Gasteiger charge is 2.28. The van der Waals surface area contributed by atoms with Gasteiger partial charge in [-0.1, -0.05) is 6.07 Å². The lowest BCUT2D eigenvalue weighted by Gasteiger charge is -2.18. The van der Waals surface area contributed by atoms with Crippen LogP contribution in [0.2, 0.25) is 0 Å². The smallest absolute Gasteiger partial charge is 0.325 e. The van der Waals surface area contributed by atoms with Gasteiger partial charge in [0.2, 0.25) is 0 Å². The zero-order valence-electron chi connectivity index (χ0n) is 11.9. The van der Waals surface area contributed by atoms with Crippen molar-refractivity contribution < 1.29 is 22.9 Å². The zero-order valence-corrected chi connectivity index (χ0v) is 12.7. The highest BCUT2D eigenvalue weighted by atomic mass is 32.2. The number of likely N-dealkylation sites (N-methyl/N-ethyl adjacent to an activating group) is 1. The van der Waals surface area contributed by atoms with Crippen LogP contribution >= 0.6 is 0 Å². The molecule has 0 aliphatic heterocycles. The van der Waals surface area contributed by atoms with Gasteiger partial charge in [0, 0.05) is 13.3 Å². The van der Waals surface area contributed by atoms with Crippen LogP contribution in [0, 0.1) is 10.1 Å². The summed E-state index contributed by atoms with van der Waals surface area (Å²) < 4.78 is 28.0. The minimum absolute atomic E-state index is 0.0379. The molecule has 9 heteroatoms. The summed E-state index contributed by atoms with van der Waals surface area (Å²) in [6, 6.07) is 3.93. The van der Waals surface area contributed by atoms with Crippen LogP contribution in [0.1, 0.15) is 6.92 Å². The molecule has 1 aromatic carbocycles. The molecule has 0 saturated carbocycles. The first-order valence-corrected chi connectivity index (χ1v) is 7.91. The van der Waals surface area contributed by atoms with Gasteiger partial charge >= 0.3 is 11.7 Å². The van der Waals surface area contributed by atoms with Crippen molar-refractivity contribution in [3.05, 3.63) is 28.3 Å². The number of nitro groups is 1. The molecular weight excluding hydrogens is 300 g/mol. The largest absolute Gasteiger partial charge is 0.465 e. The molecular formula is C12H16N2O6S. The number of esters is 1. The number of carbonyl (C=O) groups is 1. The van der Waals surface area contributed by atoms with E-state index in [1.165, 1.54) is 24.1 Å². The van der Waals surface area contributed by atoms with E-state index in [0.717, 1.165) is 12.3 Å². The van der Waals surface area contributed by atoms with E-state index in [9.17, 15) is 23.3 Å². The molecule has 8 nitrogen and oxygen atoms in total. The lowest BCUT2D eigenvalue weighted by molar-refractivity contribution is -0.387. The van der Waals surface area contributed by atoms with Crippen molar-refractivity contribution >= 4 is 27.2 Å². The van der Waals surface area contributed by atoms with Gasteiger partial charge in [-0.05, 0) is 19.1 Å². The van der Waals surface area contributed by atoms with Crippen LogP contribution in [-0.2, 0) is 19.4 Å². The quantitative estimate of drug-likeness (QED) is 0.437. The molecule has 0 saturated heterocycles. The van der Waals surface area contributed by atoms with Crippen LogP contribution in [0.5, 0.6) is 0 Å². The van der Waals surface area contributed by atoms with Crippen LogP contribution in [-0.4, -0.2) is 45.8 Å². The maximum Gasteiger partial charge on any atom is 0.325 e. The van der Waals surface area contributed by atoms with Crippen molar-refractivity contribution in [3.63, 3.8) is 0 Å². The van der Waals surface area contributed by atoms with E-state index in [4.69, 9.17) is 4.74 Å². The van der Waals surface area contributed by atoms with Crippen molar-refractivity contribution in [3.8, 4) is 0 Å². The topological polar surface area (TPSA) is 107 Å². The molecule has 0 radical (unpaired) electrons. The van der Waals surface area contributed by atoms with Gasteiger partial charge in [-0.2, -0.15) is 0 Å². The highest BCUT2D eigenvalue weighted by molar-refractivity contribution is 7.90. The van der Waals surface area contributed by atoms with Crippen molar-refractivity contribution in [2.75, 3.05) is 31.4 Å². The van der Waals surface area contributed by atoms with Crippen LogP contribution in [0.4, 0.5) is 11.4 Å². The van der Waals surface area contributed by atoms with Gasteiger partial charge in [-0.25, -0.2) is 8.42 Å². The van der Waals surface area contributed by atoms with Crippen molar-refractivity contribution in [2.24, 2.45) is 0 Å². The fourth-order valence-corrected chi connectivity index (χ4v) is 2.64. The third-order valence-corrected chi connectivity index (χ3v) is 3.77. The summed E-state index contributed by atoms with van der Waals surface area (Å²) in [6.07, 6.45) is 0.893. The van der Waals surface area contributed by atoms with Gasteiger partial charge in [0.1, 0.15) is 17.1 Å². The molecule has 0 N–H and O–H groups in total. The number of hydrogen-bond acceptors (Lipinski definition) is 7. The van der Waals surface area contributed by atoms with E-state index >= 15 is 0 Å². The summed E-state index contributed by atoms with van der Waals surface area (Å²) in [5.41, 5.74) is -0.511. The van der Waals surface area contributed by atoms with Crippen molar-refractivity contribution in [2.45, 2.75) is 11.8 Å². The first-order valence-electron chi connectivity index (χ1n) is 6.02. The SMILES string of the molecule is CCOC(=O)CN(C)c1cccc(S(C)(=O)=O)c1[N+](=O)[O-]. The van der Waals surface area contributed by atoms with Crippen LogP contribution in [0.3, 0.4) is 0 Å². The average molecular weight is 316 g/mol. The number of ether oxygens (including phenoxy) is 1. The molecule has 0 unspecified atom stereocenters. The molecule has 0 aliphatic carbocycles. The predicted octanol–water partition coefficient (Wildman–Crippen LogP) is 0.998. The zero-order chi connectivity index (χ0) is 16.2. The minimum atomic E-state index is -3.76. The molecule has 0 aromatic heterocycles. The van der Waals surface area contributed by atoms with Crippen molar-refractivity contribution in [1.82, 2.24) is 0 Å². The third-order valence-electron chi connectivity index (χ3n) is 2.64. The van der Waals surface area contributed by atoms with E-state index in [-0.39, 0.29) is 23.7 Å². The fourth-order valence-electron chi connectivity index (χ4n) is 1.79. The molecule has 0 atom stereocenters. The molecule has 0 aliphatic rings. The second kappa shape index (κ2) is 6.53. The second-order valence-electron chi connectivity index (χ2n) is 4.31. The third kappa shape index (κ3) is 4.15. The van der Waals surface area contributed by atoms with E-state index in [1.807, 2.05) is 0 Å². The van der Waals surface area contributed by atoms with E-state index in [1.54, 1.807) is 6.92 Å². The predicted molar refractivity (Wildman–Crippen MR) is 76.1 cm³/mol. The Balaban J connectivity index is 3.30. The van der Waals surface area contributed by atoms with Crippen molar-refractivity contribution in [1.29, 1.82) is 0 Å². The number of carbonyl (C=O) groups excluding carboxylic acids is 1. The summed E-state index contributed by atoms with van der Waals surface area (Å²) >= 11 is 0. The normalized spacial score (nSPS) is 11.0. The molecule has 0 fully saturated rings. The average Bonchev–Trinajstić information content (AvgIpc) is 2.36. The van der Waals surface area contributed by atoms with Gasteiger partial charge in [-0.15, -0.1) is 0 Å². The Labute approximate surface area is 122 Å². The Kier molecular flexibility index (Phi) is 5.25. The molecule has 21 heavy (non-hydrogen) atoms. The van der Waals surface area contributed by atoms with E-state index < -0.39 is 26.4 Å². The number of nitrogens with zero attached hydrogens (tertiary/aromatic N) is 2. The Hall–Kier alpha value is -2.16. The Bertz CT molecular complexity index is 656. The van der Waals surface area contributed by atoms with Gasteiger partial charge in [0.05, 0.1) is 11.5 Å². The van der Waals surface area contributed by atoms with Crippen LogP contribution < -0.4 is 4.90 Å². The molecule has 0 amide bonds. The Morgan fingerprint density at radius 1 is 1.43 bits per heavy atom. The summed E-state index contributed by atoms with van der Waals surface area (Å²) in [4.78, 5) is 22.8. The Morgan fingerprint density at radius 3 is 2.52 bits per heavy atom. The molecule has 0 heterocycles. The number of benzene rings is 1. The second-order valence-corrected chi connectivity index (χ2v) is 6.30. The number of rotatable bonds is 6. The molecule has 1 aromatic rings. The molecule has 0 spiro atoms. The van der Waals surface area contributed by atoms with E-state index in [2.05, 4.69) is 0 Å². The molecule has 1 rings (SSSR count). The minimum Gasteiger partial charge on any atom is -0.465 e. The maximum atomic E-state index is 11.6. The number of hydrogen-bond donors (Lipinski definition) is 0. The Morgan fingerprint density at radius 2 is 2.05 bits per heavy atom. The maximum absolute atomic E-state index is 11.6. The first-order chi connectivity index (χ1) is 9.68. The monoisotopic (exact) mass is 316 g/mol. The van der Waals surface area contributed by atoms with Crippen LogP contribution in [0.15, 0.2) is 23.1 Å². The highest BCUT2D eigenvalue weighted by Crippen LogP contribution is 2.33. The van der Waals surface area contributed by atoms with Gasteiger partial charge in [0.15, 0.2) is 9.84 Å². The van der Waals surface area contributed by atoms with Gasteiger partial charge < -0.3 is 9.64 Å². The van der Waals surface area contributed by atoms with Gasteiger partial charge in [-0.3, -0.25) is 14.9 Å². The van der Waals surface area contributed by atoms with E-state index in [0.29, 0.717) is 0 Å². The fraction of sp³-hybridized carbons (Fsp3) is 0.417. The standard InChI is InChI=1S/C12H16N2O6S/c1-4-20-11(15)8-13(2)9-6-5-7-10(21(3,18)19)12(9)14(16)17/h5-7H,4,8H2,1-3H3. The summed E-state index contributed by atoms with van der Waals surface area (Å²) in [6.45, 7) is 1.62. The lowest BCUT2D eigenvalue weighted by Crippen LogP contribution is -2.28. The first kappa shape index (κ1) is 16.9. The van der Waals surface area contributed by atoms with Gasteiger partial charge in [0.25, 0.3) is 0 Å². The number of sulfone groups is 1. The number of para-hydroxylation sites is 1. The lowest BCUT2D eigenvalue weighted by atomic mass is 10.2. The molecule has 0 bridgehead atoms.